The van der Waals surface area contributed by atoms with Crippen LogP contribution in [0.15, 0.2) is 41.9 Å². The lowest BCUT2D eigenvalue weighted by atomic mass is 10.1. The van der Waals surface area contributed by atoms with Gasteiger partial charge in [0.05, 0.1) is 12.8 Å². The van der Waals surface area contributed by atoms with E-state index in [1.807, 2.05) is 35.7 Å². The van der Waals surface area contributed by atoms with Crippen LogP contribution in [0.25, 0.3) is 21.8 Å². The summed E-state index contributed by atoms with van der Waals surface area (Å²) in [7, 11) is 1.61. The van der Waals surface area contributed by atoms with Crippen molar-refractivity contribution in [3.63, 3.8) is 0 Å². The zero-order valence-corrected chi connectivity index (χ0v) is 13.3. The standard InChI is InChI=1S/C17H14N2O3S/c1-20-16-9-12(4-5-18-16)17-19-13(10-23-17)11-2-3-14-15(8-11)22-7-6-21-14/h2-5,8-10H,6-7H2,1H3. The van der Waals surface area contributed by atoms with E-state index in [2.05, 4.69) is 4.98 Å². The number of pyridine rings is 1. The van der Waals surface area contributed by atoms with Gasteiger partial charge < -0.3 is 14.2 Å². The molecule has 0 aliphatic carbocycles. The van der Waals surface area contributed by atoms with E-state index in [9.17, 15) is 0 Å². The van der Waals surface area contributed by atoms with Crippen LogP contribution in [0, 0.1) is 0 Å². The van der Waals surface area contributed by atoms with Gasteiger partial charge in [-0.15, -0.1) is 11.3 Å². The minimum atomic E-state index is 0.579. The second-order valence-corrected chi connectivity index (χ2v) is 5.84. The number of methoxy groups -OCH3 is 1. The van der Waals surface area contributed by atoms with E-state index in [1.54, 1.807) is 24.6 Å². The van der Waals surface area contributed by atoms with E-state index >= 15 is 0 Å². The van der Waals surface area contributed by atoms with Gasteiger partial charge in [-0.1, -0.05) is 0 Å². The maximum atomic E-state index is 5.63. The first-order chi connectivity index (χ1) is 11.3. The van der Waals surface area contributed by atoms with Gasteiger partial charge in [0, 0.05) is 28.8 Å². The zero-order valence-electron chi connectivity index (χ0n) is 12.5. The van der Waals surface area contributed by atoms with Crippen LogP contribution in [0.5, 0.6) is 17.4 Å². The summed E-state index contributed by atoms with van der Waals surface area (Å²) in [4.78, 5) is 8.83. The third kappa shape index (κ3) is 2.73. The molecule has 0 saturated heterocycles. The van der Waals surface area contributed by atoms with Crippen molar-refractivity contribution in [1.29, 1.82) is 0 Å². The van der Waals surface area contributed by atoms with Gasteiger partial charge in [-0.2, -0.15) is 0 Å². The Hall–Kier alpha value is -2.60. The minimum absolute atomic E-state index is 0.579. The van der Waals surface area contributed by atoms with Gasteiger partial charge in [-0.05, 0) is 24.3 Å². The predicted octanol–water partition coefficient (Wildman–Crippen LogP) is 3.65. The Bertz CT molecular complexity index is 847. The van der Waals surface area contributed by atoms with E-state index in [-0.39, 0.29) is 0 Å². The van der Waals surface area contributed by atoms with Crippen LogP contribution in [-0.2, 0) is 0 Å². The van der Waals surface area contributed by atoms with Crippen LogP contribution in [0.1, 0.15) is 0 Å². The van der Waals surface area contributed by atoms with Crippen LogP contribution in [0.3, 0.4) is 0 Å². The Labute approximate surface area is 137 Å². The molecule has 0 unspecified atom stereocenters. The highest BCUT2D eigenvalue weighted by molar-refractivity contribution is 7.13. The molecule has 0 fully saturated rings. The first kappa shape index (κ1) is 14.0. The number of rotatable bonds is 3. The molecule has 0 spiro atoms. The number of nitrogens with zero attached hydrogens (tertiary/aromatic N) is 2. The lowest BCUT2D eigenvalue weighted by Crippen LogP contribution is -2.15. The number of hydrogen-bond donors (Lipinski definition) is 0. The molecule has 0 N–H and O–H groups in total. The normalized spacial score (nSPS) is 12.9. The van der Waals surface area contributed by atoms with Crippen LogP contribution in [-0.4, -0.2) is 30.3 Å². The summed E-state index contributed by atoms with van der Waals surface area (Å²) in [6.07, 6.45) is 1.72. The number of ether oxygens (including phenoxy) is 3. The molecule has 23 heavy (non-hydrogen) atoms. The second-order valence-electron chi connectivity index (χ2n) is 4.98. The summed E-state index contributed by atoms with van der Waals surface area (Å²) < 4.78 is 16.3. The van der Waals surface area contributed by atoms with E-state index < -0.39 is 0 Å². The van der Waals surface area contributed by atoms with Crippen molar-refractivity contribution in [2.45, 2.75) is 0 Å². The van der Waals surface area contributed by atoms with Crippen LogP contribution in [0.4, 0.5) is 0 Å². The van der Waals surface area contributed by atoms with Gasteiger partial charge in [-0.3, -0.25) is 0 Å². The molecule has 0 saturated carbocycles. The highest BCUT2D eigenvalue weighted by Gasteiger charge is 2.14. The molecule has 0 amide bonds. The summed E-state index contributed by atoms with van der Waals surface area (Å²) in [5.74, 6) is 2.14. The molecule has 4 rings (SSSR count). The first-order valence-electron chi connectivity index (χ1n) is 7.19. The summed E-state index contributed by atoms with van der Waals surface area (Å²) in [6, 6.07) is 9.71. The second kappa shape index (κ2) is 5.89. The first-order valence-corrected chi connectivity index (χ1v) is 8.07. The van der Waals surface area contributed by atoms with E-state index in [0.717, 1.165) is 33.3 Å². The molecule has 3 aromatic rings. The molecule has 2 aromatic heterocycles. The van der Waals surface area contributed by atoms with Crippen molar-refractivity contribution < 1.29 is 14.2 Å². The fraction of sp³-hybridized carbons (Fsp3) is 0.176. The number of benzene rings is 1. The monoisotopic (exact) mass is 326 g/mol. The topological polar surface area (TPSA) is 53.5 Å². The molecule has 5 nitrogen and oxygen atoms in total. The van der Waals surface area contributed by atoms with Crippen LogP contribution < -0.4 is 14.2 Å². The lowest BCUT2D eigenvalue weighted by Gasteiger charge is -2.18. The predicted molar refractivity (Wildman–Crippen MR) is 88.3 cm³/mol. The smallest absolute Gasteiger partial charge is 0.213 e. The number of aromatic nitrogens is 2. The Morgan fingerprint density at radius 2 is 1.91 bits per heavy atom. The van der Waals surface area contributed by atoms with Crippen molar-refractivity contribution in [1.82, 2.24) is 9.97 Å². The average molecular weight is 326 g/mol. The Morgan fingerprint density at radius 1 is 1.04 bits per heavy atom. The Balaban J connectivity index is 1.67. The van der Waals surface area contributed by atoms with Gasteiger partial charge in [0.15, 0.2) is 11.5 Å². The maximum absolute atomic E-state index is 5.63. The lowest BCUT2D eigenvalue weighted by molar-refractivity contribution is 0.171. The number of thiazole rings is 1. The molecule has 0 bridgehead atoms. The molecule has 116 valence electrons. The molecule has 0 radical (unpaired) electrons. The molecule has 0 atom stereocenters. The third-order valence-corrected chi connectivity index (χ3v) is 4.42. The van der Waals surface area contributed by atoms with Gasteiger partial charge in [-0.25, -0.2) is 9.97 Å². The van der Waals surface area contributed by atoms with Crippen molar-refractivity contribution in [2.75, 3.05) is 20.3 Å². The highest BCUT2D eigenvalue weighted by atomic mass is 32.1. The van der Waals surface area contributed by atoms with Crippen LogP contribution >= 0.6 is 11.3 Å². The van der Waals surface area contributed by atoms with Crippen molar-refractivity contribution >= 4 is 11.3 Å². The average Bonchev–Trinajstić information content (AvgIpc) is 3.11. The molecule has 1 aliphatic rings. The quantitative estimate of drug-likeness (QED) is 0.735. The molecular weight excluding hydrogens is 312 g/mol. The number of fused-ring (bicyclic) bond motifs is 1. The summed E-state index contributed by atoms with van der Waals surface area (Å²) >= 11 is 1.59. The van der Waals surface area contributed by atoms with Crippen molar-refractivity contribution in [3.05, 3.63) is 41.9 Å². The van der Waals surface area contributed by atoms with E-state index in [0.29, 0.717) is 19.1 Å². The largest absolute Gasteiger partial charge is 0.486 e. The van der Waals surface area contributed by atoms with Crippen molar-refractivity contribution in [3.8, 4) is 39.2 Å². The maximum Gasteiger partial charge on any atom is 0.213 e. The van der Waals surface area contributed by atoms with E-state index in [4.69, 9.17) is 19.2 Å². The minimum Gasteiger partial charge on any atom is -0.486 e. The Morgan fingerprint density at radius 3 is 2.78 bits per heavy atom. The Kier molecular flexibility index (Phi) is 3.59. The fourth-order valence-corrected chi connectivity index (χ4v) is 3.22. The number of hydrogen-bond acceptors (Lipinski definition) is 6. The SMILES string of the molecule is COc1cc(-c2nc(-c3ccc4c(c3)OCCO4)cs2)ccn1. The molecule has 1 aromatic carbocycles. The van der Waals surface area contributed by atoms with Gasteiger partial charge in [0.1, 0.15) is 18.2 Å². The van der Waals surface area contributed by atoms with Gasteiger partial charge >= 0.3 is 0 Å². The highest BCUT2D eigenvalue weighted by Crippen LogP contribution is 2.36. The van der Waals surface area contributed by atoms with Crippen molar-refractivity contribution in [2.24, 2.45) is 0 Å². The summed E-state index contributed by atoms with van der Waals surface area (Å²) in [5, 5.41) is 2.96. The van der Waals surface area contributed by atoms with Gasteiger partial charge in [0.2, 0.25) is 5.88 Å². The molecule has 3 heterocycles. The molecule has 6 heteroatoms. The third-order valence-electron chi connectivity index (χ3n) is 3.53. The summed E-state index contributed by atoms with van der Waals surface area (Å²) in [5.41, 5.74) is 2.92. The summed E-state index contributed by atoms with van der Waals surface area (Å²) in [6.45, 7) is 1.17. The van der Waals surface area contributed by atoms with Gasteiger partial charge in [0.25, 0.3) is 0 Å². The fourth-order valence-electron chi connectivity index (χ4n) is 2.40. The zero-order chi connectivity index (χ0) is 15.6. The molecule has 1 aliphatic heterocycles. The van der Waals surface area contributed by atoms with E-state index in [1.165, 1.54) is 0 Å². The van der Waals surface area contributed by atoms with Crippen LogP contribution in [0.2, 0.25) is 0 Å². The molecular formula is C17H14N2O3S.